The fourth-order valence-corrected chi connectivity index (χ4v) is 6.16. The largest absolute Gasteiger partial charge is 0.350 e. The molecule has 1 N–H and O–H groups in total. The van der Waals surface area contributed by atoms with Crippen molar-refractivity contribution >= 4 is 44.1 Å². The van der Waals surface area contributed by atoms with Crippen molar-refractivity contribution in [3.05, 3.63) is 65.9 Å². The quantitative estimate of drug-likeness (QED) is 0.305. The minimum absolute atomic E-state index is 0.242. The maximum atomic E-state index is 16.4. The summed E-state index contributed by atoms with van der Waals surface area (Å²) < 4.78 is 20.0. The number of benzene rings is 2. The Morgan fingerprint density at radius 3 is 2.53 bits per heavy atom. The number of halogens is 1. The van der Waals surface area contributed by atoms with Gasteiger partial charge in [-0.2, -0.15) is 0 Å². The summed E-state index contributed by atoms with van der Waals surface area (Å²) >= 11 is 1.78. The predicted molar refractivity (Wildman–Crippen MR) is 138 cm³/mol. The zero-order valence-electron chi connectivity index (χ0n) is 19.5. The Labute approximate surface area is 193 Å². The van der Waals surface area contributed by atoms with Crippen molar-refractivity contribution in [1.29, 1.82) is 0 Å². The molecule has 2 aliphatic heterocycles. The highest BCUT2D eigenvalue weighted by atomic mass is 32.1. The van der Waals surface area contributed by atoms with Crippen LogP contribution in [0.25, 0.3) is 32.1 Å². The monoisotopic (exact) mass is 446 g/mol. The van der Waals surface area contributed by atoms with Gasteiger partial charge in [-0.3, -0.25) is 4.57 Å². The second-order valence-electron chi connectivity index (χ2n) is 9.53. The molecule has 32 heavy (non-hydrogen) atoms. The smallest absolute Gasteiger partial charge is 0.195 e. The van der Waals surface area contributed by atoms with Gasteiger partial charge in [0, 0.05) is 21.4 Å². The van der Waals surface area contributed by atoms with Crippen LogP contribution in [0.3, 0.4) is 0 Å². The Morgan fingerprint density at radius 2 is 1.81 bits per heavy atom. The van der Waals surface area contributed by atoms with E-state index in [0.717, 1.165) is 32.8 Å². The Balaban J connectivity index is 0.000000501. The van der Waals surface area contributed by atoms with Crippen molar-refractivity contribution in [1.82, 2.24) is 4.57 Å². The maximum absolute atomic E-state index is 16.4. The maximum Gasteiger partial charge on any atom is 0.195 e. The van der Waals surface area contributed by atoms with Crippen LogP contribution in [0.4, 0.5) is 10.1 Å². The molecule has 0 fully saturated rings. The van der Waals surface area contributed by atoms with Gasteiger partial charge in [0.1, 0.15) is 5.00 Å². The highest BCUT2D eigenvalue weighted by Crippen LogP contribution is 2.55. The van der Waals surface area contributed by atoms with E-state index in [1.54, 1.807) is 11.3 Å². The van der Waals surface area contributed by atoms with Crippen LogP contribution in [0.1, 0.15) is 58.7 Å². The molecular formula is C28H31FN2S. The van der Waals surface area contributed by atoms with Crippen LogP contribution < -0.4 is 5.32 Å². The molecule has 0 spiro atoms. The van der Waals surface area contributed by atoms with Gasteiger partial charge in [-0.25, -0.2) is 4.39 Å². The Kier molecular flexibility index (Phi) is 4.97. The molecule has 2 atom stereocenters. The van der Waals surface area contributed by atoms with Crippen molar-refractivity contribution < 1.29 is 4.39 Å². The highest BCUT2D eigenvalue weighted by molar-refractivity contribution is 7.21. The zero-order valence-corrected chi connectivity index (χ0v) is 20.3. The molecule has 4 heterocycles. The van der Waals surface area contributed by atoms with Crippen LogP contribution in [0.15, 0.2) is 54.6 Å². The van der Waals surface area contributed by atoms with Gasteiger partial charge in [-0.05, 0) is 35.2 Å². The number of thiophene rings is 1. The molecule has 2 aromatic heterocycles. The van der Waals surface area contributed by atoms with E-state index in [1.807, 2.05) is 26.8 Å². The van der Waals surface area contributed by atoms with E-state index in [0.29, 0.717) is 0 Å². The first-order chi connectivity index (χ1) is 15.3. The number of nitrogens with one attached hydrogen (secondary N) is 1. The van der Waals surface area contributed by atoms with Gasteiger partial charge in [0.15, 0.2) is 5.79 Å². The molecule has 2 aromatic carbocycles. The van der Waals surface area contributed by atoms with Crippen LogP contribution in [0.2, 0.25) is 0 Å². The molecule has 4 aromatic rings. The van der Waals surface area contributed by atoms with Gasteiger partial charge < -0.3 is 5.32 Å². The molecule has 2 aliphatic rings. The number of hydrogen-bond acceptors (Lipinski definition) is 2. The second kappa shape index (κ2) is 7.48. The van der Waals surface area contributed by atoms with Crippen LogP contribution in [0.5, 0.6) is 0 Å². The number of fused-ring (bicyclic) bond motifs is 2. The molecule has 2 bridgehead atoms. The van der Waals surface area contributed by atoms with Gasteiger partial charge in [-0.15, -0.1) is 11.3 Å². The first kappa shape index (κ1) is 21.3. The summed E-state index contributed by atoms with van der Waals surface area (Å²) in [6.07, 6.45) is 6.76. The molecule has 2 nitrogen and oxygen atoms in total. The number of aromatic nitrogens is 1. The van der Waals surface area contributed by atoms with Crippen LogP contribution in [-0.2, 0) is 5.41 Å². The van der Waals surface area contributed by atoms with E-state index in [4.69, 9.17) is 0 Å². The molecule has 1 unspecified atom stereocenters. The third-order valence-corrected chi connectivity index (χ3v) is 8.32. The molecular weight excluding hydrogens is 415 g/mol. The zero-order chi connectivity index (χ0) is 22.7. The van der Waals surface area contributed by atoms with Crippen molar-refractivity contribution in [2.24, 2.45) is 5.92 Å². The van der Waals surface area contributed by atoms with Crippen molar-refractivity contribution in [3.8, 4) is 5.00 Å². The molecule has 0 radical (unpaired) electrons. The summed E-state index contributed by atoms with van der Waals surface area (Å²) in [5, 5.41) is 6.88. The average Bonchev–Trinajstić information content (AvgIpc) is 3.31. The number of nitrogens with zero attached hydrogens (tertiary/aromatic N) is 1. The van der Waals surface area contributed by atoms with Crippen LogP contribution in [-0.4, -0.2) is 10.4 Å². The summed E-state index contributed by atoms with van der Waals surface area (Å²) in [5.74, 6) is -1.77. The van der Waals surface area contributed by atoms with Gasteiger partial charge in [0.05, 0.1) is 16.9 Å². The molecule has 4 heteroatoms. The van der Waals surface area contributed by atoms with E-state index < -0.39 is 11.2 Å². The summed E-state index contributed by atoms with van der Waals surface area (Å²) in [7, 11) is 0. The highest BCUT2D eigenvalue weighted by Gasteiger charge is 2.55. The van der Waals surface area contributed by atoms with Gasteiger partial charge in [0.2, 0.25) is 0 Å². The molecule has 166 valence electrons. The lowest BCUT2D eigenvalue weighted by molar-refractivity contribution is 0.0626. The Bertz CT molecular complexity index is 1310. The fourth-order valence-electron chi connectivity index (χ4n) is 5.06. The molecule has 0 amide bonds. The number of alkyl halides is 1. The number of hydrogen-bond donors (Lipinski definition) is 1. The lowest BCUT2D eigenvalue weighted by atomic mass is 9.68. The standard InChI is InChI=1S/C24H21FN2S.C4H10/c1-14-11-12-18-22-21-16(23(2,3)24(14,25)26-22)8-6-9-17(21)27(18)20-13-15-7-4-5-10-19(15)28-20;1-3-4-2/h4-14,26H,1-3H3;3-4H2,1-2H3/t14?,24-;/m1./s1. The second-order valence-corrected chi connectivity index (χ2v) is 10.6. The van der Waals surface area contributed by atoms with Crippen molar-refractivity contribution in [3.63, 3.8) is 0 Å². The number of anilines is 1. The summed E-state index contributed by atoms with van der Waals surface area (Å²) in [6.45, 7) is 10.4. The number of rotatable bonds is 2. The van der Waals surface area contributed by atoms with Crippen molar-refractivity contribution in [2.45, 2.75) is 58.7 Å². The minimum Gasteiger partial charge on any atom is -0.350 e. The number of unbranched alkanes of at least 4 members (excludes halogenated alkanes) is 1. The molecule has 6 rings (SSSR count). The van der Waals surface area contributed by atoms with E-state index in [9.17, 15) is 0 Å². The van der Waals surface area contributed by atoms with E-state index in [1.165, 1.54) is 22.9 Å². The third kappa shape index (κ3) is 2.82. The summed E-state index contributed by atoms with van der Waals surface area (Å²) in [5.41, 5.74) is 3.53. The Hall–Kier alpha value is -2.59. The predicted octanol–water partition coefficient (Wildman–Crippen LogP) is 8.68. The van der Waals surface area contributed by atoms with E-state index in [2.05, 4.69) is 78.3 Å². The SMILES string of the molecule is CC1C=Cc2c3c4c(cccc4n2-c2cc4ccccc4s2)C(C)(C)[C@]1(F)N3.CCCC. The van der Waals surface area contributed by atoms with Gasteiger partial charge >= 0.3 is 0 Å². The van der Waals surface area contributed by atoms with Gasteiger partial charge in [0.25, 0.3) is 0 Å². The lowest BCUT2D eigenvalue weighted by Crippen LogP contribution is -2.55. The first-order valence-corrected chi connectivity index (χ1v) is 12.5. The topological polar surface area (TPSA) is 17.0 Å². The average molecular weight is 447 g/mol. The molecule has 0 saturated heterocycles. The molecule has 0 saturated carbocycles. The minimum atomic E-state index is -1.53. The third-order valence-electron chi connectivity index (χ3n) is 7.22. The lowest BCUT2D eigenvalue weighted by Gasteiger charge is -2.47. The first-order valence-electron chi connectivity index (χ1n) is 11.7. The van der Waals surface area contributed by atoms with Gasteiger partial charge in [-0.1, -0.05) is 83.9 Å². The summed E-state index contributed by atoms with van der Waals surface area (Å²) in [4.78, 5) is 0. The fraction of sp³-hybridized carbons (Fsp3) is 0.357. The van der Waals surface area contributed by atoms with E-state index >= 15 is 4.39 Å². The van der Waals surface area contributed by atoms with Crippen LogP contribution >= 0.6 is 11.3 Å². The van der Waals surface area contributed by atoms with E-state index in [-0.39, 0.29) is 5.92 Å². The van der Waals surface area contributed by atoms with Crippen molar-refractivity contribution in [2.75, 3.05) is 5.32 Å². The summed E-state index contributed by atoms with van der Waals surface area (Å²) in [6, 6.07) is 17.0. The molecule has 0 aliphatic carbocycles. The Morgan fingerprint density at radius 1 is 1.06 bits per heavy atom. The van der Waals surface area contributed by atoms with Crippen LogP contribution in [0, 0.1) is 5.92 Å². The normalized spacial score (nSPS) is 22.5.